The Hall–Kier alpha value is -1.36. The van der Waals surface area contributed by atoms with Crippen molar-refractivity contribution in [3.63, 3.8) is 0 Å². The fourth-order valence-electron chi connectivity index (χ4n) is 1.83. The van der Waals surface area contributed by atoms with Crippen molar-refractivity contribution in [3.05, 3.63) is 11.4 Å². The van der Waals surface area contributed by atoms with Gasteiger partial charge in [0, 0.05) is 31.2 Å². The third-order valence-electron chi connectivity index (χ3n) is 3.57. The molecule has 0 radical (unpaired) electrons. The third-order valence-corrected chi connectivity index (χ3v) is 3.57. The molecule has 1 heterocycles. The number of nitrogens with zero attached hydrogens (tertiary/aromatic N) is 2. The van der Waals surface area contributed by atoms with Gasteiger partial charge in [-0.2, -0.15) is 0 Å². The molecule has 0 unspecified atom stereocenters. The van der Waals surface area contributed by atoms with Crippen LogP contribution < -0.4 is 11.1 Å². The van der Waals surface area contributed by atoms with E-state index in [4.69, 9.17) is 10.5 Å². The van der Waals surface area contributed by atoms with Crippen LogP contribution in [0.15, 0.2) is 0 Å². The molecule has 0 aliphatic rings. The lowest BCUT2D eigenvalue weighted by atomic mass is 9.89. The molecule has 0 bridgehead atoms. The average molecular weight is 294 g/mol. The first-order chi connectivity index (χ1) is 9.57. The molecule has 0 aromatic carbocycles. The van der Waals surface area contributed by atoms with Gasteiger partial charge in [-0.05, 0) is 18.8 Å². The lowest BCUT2D eigenvalue weighted by molar-refractivity contribution is 0.157. The van der Waals surface area contributed by atoms with E-state index in [2.05, 4.69) is 49.9 Å². The molecular formula is C16H30N4O. The number of rotatable bonds is 6. The highest BCUT2D eigenvalue weighted by atomic mass is 16.5. The molecule has 1 aromatic heterocycles. The number of nitrogens with one attached hydrogen (secondary N) is 1. The first kappa shape index (κ1) is 17.7. The predicted molar refractivity (Wildman–Crippen MR) is 88.6 cm³/mol. The summed E-state index contributed by atoms with van der Waals surface area (Å²) < 4.78 is 5.16. The maximum absolute atomic E-state index is 6.03. The standard InChI is InChI=1S/C16H30N4O/c1-11-12(17)19-14(15(2,3)4)20-13(11)18-10-16(5,6)8-9-21-7/h8-10H2,1-7H3,(H3,17,18,19,20). The van der Waals surface area contributed by atoms with E-state index in [0.717, 1.165) is 36.8 Å². The second kappa shape index (κ2) is 6.60. The summed E-state index contributed by atoms with van der Waals surface area (Å²) in [4.78, 5) is 9.06. The van der Waals surface area contributed by atoms with Crippen molar-refractivity contribution < 1.29 is 4.74 Å². The van der Waals surface area contributed by atoms with Crippen LogP contribution in [-0.2, 0) is 10.2 Å². The number of anilines is 2. The van der Waals surface area contributed by atoms with E-state index in [1.165, 1.54) is 0 Å². The summed E-state index contributed by atoms with van der Waals surface area (Å²) in [7, 11) is 1.73. The predicted octanol–water partition coefficient (Wildman–Crippen LogP) is 3.14. The minimum Gasteiger partial charge on any atom is -0.385 e. The molecule has 0 aliphatic carbocycles. The van der Waals surface area contributed by atoms with Crippen LogP contribution in [0.5, 0.6) is 0 Å². The summed E-state index contributed by atoms with van der Waals surface area (Å²) in [5.74, 6) is 2.15. The molecule has 0 saturated heterocycles. The molecule has 0 amide bonds. The van der Waals surface area contributed by atoms with Crippen LogP contribution in [0.2, 0.25) is 0 Å². The minimum atomic E-state index is -0.121. The second-order valence-corrected chi connectivity index (χ2v) is 7.42. The highest BCUT2D eigenvalue weighted by Gasteiger charge is 2.22. The van der Waals surface area contributed by atoms with Crippen molar-refractivity contribution in [2.24, 2.45) is 5.41 Å². The Morgan fingerprint density at radius 1 is 1.14 bits per heavy atom. The lowest BCUT2D eigenvalue weighted by Gasteiger charge is -2.26. The highest BCUT2D eigenvalue weighted by Crippen LogP contribution is 2.26. The van der Waals surface area contributed by atoms with Gasteiger partial charge in [-0.3, -0.25) is 0 Å². The smallest absolute Gasteiger partial charge is 0.138 e. The molecule has 0 fully saturated rings. The largest absolute Gasteiger partial charge is 0.385 e. The van der Waals surface area contributed by atoms with Gasteiger partial charge >= 0.3 is 0 Å². The van der Waals surface area contributed by atoms with Gasteiger partial charge < -0.3 is 15.8 Å². The second-order valence-electron chi connectivity index (χ2n) is 7.42. The van der Waals surface area contributed by atoms with Crippen LogP contribution >= 0.6 is 0 Å². The Balaban J connectivity index is 2.90. The molecule has 21 heavy (non-hydrogen) atoms. The van der Waals surface area contributed by atoms with E-state index in [1.54, 1.807) is 7.11 Å². The summed E-state index contributed by atoms with van der Waals surface area (Å²) >= 11 is 0. The van der Waals surface area contributed by atoms with Gasteiger partial charge in [0.2, 0.25) is 0 Å². The summed E-state index contributed by atoms with van der Waals surface area (Å²) in [6, 6.07) is 0. The number of nitrogens with two attached hydrogens (primary N) is 1. The average Bonchev–Trinajstić information content (AvgIpc) is 2.37. The normalized spacial score (nSPS) is 12.5. The molecule has 5 heteroatoms. The van der Waals surface area contributed by atoms with Gasteiger partial charge in [0.1, 0.15) is 17.5 Å². The summed E-state index contributed by atoms with van der Waals surface area (Å²) in [6.45, 7) is 14.2. The Kier molecular flexibility index (Phi) is 5.56. The zero-order chi connectivity index (χ0) is 16.3. The minimum absolute atomic E-state index is 0.121. The molecule has 1 rings (SSSR count). The van der Waals surface area contributed by atoms with Crippen molar-refractivity contribution in [2.45, 2.75) is 53.4 Å². The van der Waals surface area contributed by atoms with E-state index in [0.29, 0.717) is 5.82 Å². The first-order valence-electron chi connectivity index (χ1n) is 7.44. The van der Waals surface area contributed by atoms with Crippen LogP contribution in [0.25, 0.3) is 0 Å². The van der Waals surface area contributed by atoms with Gasteiger partial charge in [0.25, 0.3) is 0 Å². The van der Waals surface area contributed by atoms with Crippen molar-refractivity contribution in [3.8, 4) is 0 Å². The van der Waals surface area contributed by atoms with Crippen LogP contribution in [0.3, 0.4) is 0 Å². The Morgan fingerprint density at radius 2 is 1.76 bits per heavy atom. The number of aromatic nitrogens is 2. The molecule has 5 nitrogen and oxygen atoms in total. The molecule has 3 N–H and O–H groups in total. The molecule has 120 valence electrons. The summed E-state index contributed by atoms with van der Waals surface area (Å²) in [5.41, 5.74) is 6.94. The molecule has 0 atom stereocenters. The SMILES string of the molecule is COCCC(C)(C)CNc1nc(C(C)(C)C)nc(N)c1C. The fourth-order valence-corrected chi connectivity index (χ4v) is 1.83. The van der Waals surface area contributed by atoms with Gasteiger partial charge in [0.15, 0.2) is 0 Å². The van der Waals surface area contributed by atoms with Crippen molar-refractivity contribution in [1.82, 2.24) is 9.97 Å². The molecule has 0 saturated carbocycles. The number of methoxy groups -OCH3 is 1. The highest BCUT2D eigenvalue weighted by molar-refractivity contribution is 5.55. The van der Waals surface area contributed by atoms with E-state index in [9.17, 15) is 0 Å². The maximum Gasteiger partial charge on any atom is 0.138 e. The van der Waals surface area contributed by atoms with Crippen molar-refractivity contribution in [2.75, 3.05) is 31.3 Å². The van der Waals surface area contributed by atoms with Crippen LogP contribution in [0, 0.1) is 12.3 Å². The molecular weight excluding hydrogens is 264 g/mol. The molecule has 0 aliphatic heterocycles. The van der Waals surface area contributed by atoms with Gasteiger partial charge in [-0.15, -0.1) is 0 Å². The number of hydrogen-bond donors (Lipinski definition) is 2. The Bertz CT molecular complexity index is 478. The molecule has 0 spiro atoms. The lowest BCUT2D eigenvalue weighted by Crippen LogP contribution is -2.26. The monoisotopic (exact) mass is 294 g/mol. The molecule has 1 aromatic rings. The quantitative estimate of drug-likeness (QED) is 0.843. The van der Waals surface area contributed by atoms with Gasteiger partial charge in [-0.25, -0.2) is 9.97 Å². The van der Waals surface area contributed by atoms with Gasteiger partial charge in [-0.1, -0.05) is 34.6 Å². The van der Waals surface area contributed by atoms with Crippen molar-refractivity contribution >= 4 is 11.6 Å². The maximum atomic E-state index is 6.03. The van der Waals surface area contributed by atoms with E-state index >= 15 is 0 Å². The zero-order valence-corrected chi connectivity index (χ0v) is 14.5. The van der Waals surface area contributed by atoms with Crippen LogP contribution in [0.4, 0.5) is 11.6 Å². The number of nitrogen functional groups attached to an aromatic ring is 1. The number of ether oxygens (including phenoxy) is 1. The third kappa shape index (κ3) is 5.16. The van der Waals surface area contributed by atoms with Crippen LogP contribution in [-0.4, -0.2) is 30.2 Å². The van der Waals surface area contributed by atoms with E-state index < -0.39 is 0 Å². The first-order valence-corrected chi connectivity index (χ1v) is 7.44. The van der Waals surface area contributed by atoms with E-state index in [-0.39, 0.29) is 10.8 Å². The Labute approximate surface area is 128 Å². The fraction of sp³-hybridized carbons (Fsp3) is 0.750. The zero-order valence-electron chi connectivity index (χ0n) is 14.5. The number of hydrogen-bond acceptors (Lipinski definition) is 5. The van der Waals surface area contributed by atoms with Crippen molar-refractivity contribution in [1.29, 1.82) is 0 Å². The summed E-state index contributed by atoms with van der Waals surface area (Å²) in [6.07, 6.45) is 0.988. The summed E-state index contributed by atoms with van der Waals surface area (Å²) in [5, 5.41) is 3.43. The topological polar surface area (TPSA) is 73.1 Å². The Morgan fingerprint density at radius 3 is 2.29 bits per heavy atom. The van der Waals surface area contributed by atoms with Crippen LogP contribution in [0.1, 0.15) is 52.4 Å². The van der Waals surface area contributed by atoms with Gasteiger partial charge in [0.05, 0.1) is 0 Å². The van der Waals surface area contributed by atoms with E-state index in [1.807, 2.05) is 6.92 Å².